The van der Waals surface area contributed by atoms with E-state index < -0.39 is 5.97 Å². The van der Waals surface area contributed by atoms with Crippen molar-refractivity contribution in [1.29, 1.82) is 0 Å². The first-order valence-electron chi connectivity index (χ1n) is 6.77. The molecule has 0 unspecified atom stereocenters. The van der Waals surface area contributed by atoms with Crippen LogP contribution in [0.25, 0.3) is 0 Å². The molecule has 0 aromatic rings. The van der Waals surface area contributed by atoms with E-state index in [-0.39, 0.29) is 24.3 Å². The minimum absolute atomic E-state index is 0.0134. The molecule has 1 saturated heterocycles. The van der Waals surface area contributed by atoms with Crippen molar-refractivity contribution in [2.45, 2.75) is 31.8 Å². The van der Waals surface area contributed by atoms with Gasteiger partial charge in [0.15, 0.2) is 0 Å². The van der Waals surface area contributed by atoms with E-state index in [1.807, 2.05) is 4.90 Å². The summed E-state index contributed by atoms with van der Waals surface area (Å²) < 4.78 is 5.38. The van der Waals surface area contributed by atoms with E-state index in [1.54, 1.807) is 0 Å². The van der Waals surface area contributed by atoms with Gasteiger partial charge < -0.3 is 14.7 Å². The largest absolute Gasteiger partial charge is 0.481 e. The summed E-state index contributed by atoms with van der Waals surface area (Å²) in [6, 6.07) is 0. The summed E-state index contributed by atoms with van der Waals surface area (Å²) in [5.41, 5.74) is 0. The van der Waals surface area contributed by atoms with Gasteiger partial charge in [0.05, 0.1) is 19.1 Å². The van der Waals surface area contributed by atoms with Crippen molar-refractivity contribution in [1.82, 2.24) is 4.90 Å². The average molecular weight is 253 g/mol. The number of carboxylic acid groups (broad SMARTS) is 1. The van der Waals surface area contributed by atoms with Crippen molar-refractivity contribution in [3.63, 3.8) is 0 Å². The third-order valence-electron chi connectivity index (χ3n) is 4.24. The quantitative estimate of drug-likeness (QED) is 0.802. The van der Waals surface area contributed by atoms with E-state index in [9.17, 15) is 9.59 Å². The van der Waals surface area contributed by atoms with E-state index in [4.69, 9.17) is 9.84 Å². The zero-order chi connectivity index (χ0) is 12.7. The monoisotopic (exact) mass is 253 g/mol. The van der Waals surface area contributed by atoms with Crippen LogP contribution < -0.4 is 0 Å². The highest BCUT2D eigenvalue weighted by Crippen LogP contribution is 2.54. The molecule has 3 rings (SSSR count). The second-order valence-corrected chi connectivity index (χ2v) is 5.72. The number of carbonyl (C=O) groups is 2. The maximum atomic E-state index is 12.3. The molecular weight excluding hydrogens is 234 g/mol. The number of rotatable bonds is 4. The van der Waals surface area contributed by atoms with E-state index >= 15 is 0 Å². The fraction of sp³-hybridized carbons (Fsp3) is 0.846. The predicted molar refractivity (Wildman–Crippen MR) is 62.9 cm³/mol. The smallest absolute Gasteiger partial charge is 0.306 e. The average Bonchev–Trinajstić information content (AvgIpc) is 3.17. The molecule has 100 valence electrons. The van der Waals surface area contributed by atoms with E-state index in [2.05, 4.69) is 0 Å². The van der Waals surface area contributed by atoms with Gasteiger partial charge in [-0.25, -0.2) is 0 Å². The lowest BCUT2D eigenvalue weighted by atomic mass is 10.1. The standard InChI is InChI=1S/C13H19NO4/c15-12(16)5-9-7-14(3-4-18-9)13(17)11-6-10(11)8-1-2-8/h8-11H,1-7H2,(H,15,16)/t9-,10-,11-/m1/s1. The van der Waals surface area contributed by atoms with Gasteiger partial charge >= 0.3 is 5.97 Å². The van der Waals surface area contributed by atoms with Crippen LogP contribution in [0.1, 0.15) is 25.7 Å². The molecule has 1 N–H and O–H groups in total. The first kappa shape index (κ1) is 12.0. The molecule has 5 heteroatoms. The van der Waals surface area contributed by atoms with Gasteiger partial charge in [-0.1, -0.05) is 0 Å². The van der Waals surface area contributed by atoms with Crippen molar-refractivity contribution < 1.29 is 19.4 Å². The summed E-state index contributed by atoms with van der Waals surface area (Å²) in [7, 11) is 0. The number of hydrogen-bond acceptors (Lipinski definition) is 3. The molecule has 1 amide bonds. The lowest BCUT2D eigenvalue weighted by molar-refractivity contribution is -0.148. The second kappa shape index (κ2) is 4.53. The van der Waals surface area contributed by atoms with Gasteiger partial charge in [-0.15, -0.1) is 0 Å². The van der Waals surface area contributed by atoms with Crippen molar-refractivity contribution in [3.05, 3.63) is 0 Å². The van der Waals surface area contributed by atoms with E-state index in [0.717, 1.165) is 12.3 Å². The van der Waals surface area contributed by atoms with E-state index in [0.29, 0.717) is 25.6 Å². The predicted octanol–water partition coefficient (Wildman–Crippen LogP) is 0.735. The number of aliphatic carboxylic acids is 1. The minimum atomic E-state index is -0.864. The summed E-state index contributed by atoms with van der Waals surface area (Å²) in [5, 5.41) is 8.75. The summed E-state index contributed by atoms with van der Waals surface area (Å²) in [6.45, 7) is 1.52. The summed E-state index contributed by atoms with van der Waals surface area (Å²) >= 11 is 0. The first-order chi connectivity index (χ1) is 8.65. The normalized spacial score (nSPS) is 35.3. The molecule has 1 heterocycles. The minimum Gasteiger partial charge on any atom is -0.481 e. The second-order valence-electron chi connectivity index (χ2n) is 5.72. The molecule has 3 atom stereocenters. The molecule has 18 heavy (non-hydrogen) atoms. The molecule has 0 aromatic heterocycles. The van der Waals surface area contributed by atoms with Crippen LogP contribution in [0.5, 0.6) is 0 Å². The van der Waals surface area contributed by atoms with Crippen molar-refractivity contribution in [3.8, 4) is 0 Å². The molecular formula is C13H19NO4. The Labute approximate surface area is 106 Å². The summed E-state index contributed by atoms with van der Waals surface area (Å²) in [6.07, 6.45) is 3.28. The maximum Gasteiger partial charge on any atom is 0.306 e. The number of morpholine rings is 1. The number of hydrogen-bond donors (Lipinski definition) is 1. The van der Waals surface area contributed by atoms with Crippen LogP contribution in [0.15, 0.2) is 0 Å². The lowest BCUT2D eigenvalue weighted by Crippen LogP contribution is -2.47. The number of nitrogens with zero attached hydrogens (tertiary/aromatic N) is 1. The van der Waals surface area contributed by atoms with Gasteiger partial charge in [0.25, 0.3) is 0 Å². The van der Waals surface area contributed by atoms with Gasteiger partial charge in [0.2, 0.25) is 5.91 Å². The molecule has 0 aromatic carbocycles. The zero-order valence-corrected chi connectivity index (χ0v) is 10.4. The fourth-order valence-corrected chi connectivity index (χ4v) is 3.02. The van der Waals surface area contributed by atoms with Crippen LogP contribution in [0.3, 0.4) is 0 Å². The Balaban J connectivity index is 1.52. The van der Waals surface area contributed by atoms with E-state index in [1.165, 1.54) is 12.8 Å². The SMILES string of the molecule is O=C(O)C[C@@H]1CN(C(=O)[C@@H]2C[C@@H]2C2CC2)CCO1. The Kier molecular flexibility index (Phi) is 3.01. The molecule has 3 aliphatic rings. The van der Waals surface area contributed by atoms with Gasteiger partial charge in [0.1, 0.15) is 0 Å². The van der Waals surface area contributed by atoms with Crippen molar-refractivity contribution in [2.24, 2.45) is 17.8 Å². The molecule has 2 aliphatic carbocycles. The molecule has 3 fully saturated rings. The van der Waals surface area contributed by atoms with Crippen LogP contribution in [-0.2, 0) is 14.3 Å². The van der Waals surface area contributed by atoms with Gasteiger partial charge in [-0.3, -0.25) is 9.59 Å². The molecule has 2 saturated carbocycles. The topological polar surface area (TPSA) is 66.8 Å². The molecule has 5 nitrogen and oxygen atoms in total. The Morgan fingerprint density at radius 1 is 1.33 bits per heavy atom. The van der Waals surface area contributed by atoms with Gasteiger partial charge in [-0.05, 0) is 31.1 Å². The van der Waals surface area contributed by atoms with Gasteiger partial charge in [-0.2, -0.15) is 0 Å². The Bertz CT molecular complexity index is 366. The number of amides is 1. The van der Waals surface area contributed by atoms with Crippen LogP contribution in [0.4, 0.5) is 0 Å². The lowest BCUT2D eigenvalue weighted by Gasteiger charge is -2.32. The number of carbonyl (C=O) groups excluding carboxylic acids is 1. The summed E-state index contributed by atoms with van der Waals surface area (Å²) in [4.78, 5) is 24.7. The Hall–Kier alpha value is -1.10. The van der Waals surface area contributed by atoms with Crippen molar-refractivity contribution in [2.75, 3.05) is 19.7 Å². The highest BCUT2D eigenvalue weighted by atomic mass is 16.5. The Morgan fingerprint density at radius 3 is 2.78 bits per heavy atom. The van der Waals surface area contributed by atoms with Crippen molar-refractivity contribution >= 4 is 11.9 Å². The van der Waals surface area contributed by atoms with Crippen LogP contribution in [-0.4, -0.2) is 47.7 Å². The Morgan fingerprint density at radius 2 is 2.11 bits per heavy atom. The highest BCUT2D eigenvalue weighted by Gasteiger charge is 2.52. The summed E-state index contributed by atoms with van der Waals surface area (Å²) in [5.74, 6) is 1.01. The number of ether oxygens (including phenoxy) is 1. The highest BCUT2D eigenvalue weighted by molar-refractivity contribution is 5.82. The maximum absolute atomic E-state index is 12.3. The van der Waals surface area contributed by atoms with Crippen LogP contribution >= 0.6 is 0 Å². The zero-order valence-electron chi connectivity index (χ0n) is 10.4. The molecule has 1 aliphatic heterocycles. The molecule has 0 spiro atoms. The fourth-order valence-electron chi connectivity index (χ4n) is 3.02. The molecule has 0 bridgehead atoms. The van der Waals surface area contributed by atoms with Gasteiger partial charge in [0, 0.05) is 19.0 Å². The number of carboxylic acids is 1. The third-order valence-corrected chi connectivity index (χ3v) is 4.24. The van der Waals surface area contributed by atoms with Crippen LogP contribution in [0.2, 0.25) is 0 Å². The first-order valence-corrected chi connectivity index (χ1v) is 6.77. The third kappa shape index (κ3) is 2.51. The van der Waals surface area contributed by atoms with Crippen LogP contribution in [0, 0.1) is 17.8 Å². The molecule has 0 radical (unpaired) electrons.